The largest absolute Gasteiger partial charge is 1.00 e. The van der Waals surface area contributed by atoms with Gasteiger partial charge in [-0.1, -0.05) is 25.2 Å². The van der Waals surface area contributed by atoms with E-state index < -0.39 is 59.6 Å². The average molecular weight is 867 g/mol. The van der Waals surface area contributed by atoms with E-state index in [1.165, 1.54) is 4.57 Å². The van der Waals surface area contributed by atoms with Crippen LogP contribution in [0.15, 0.2) is 33.4 Å². The van der Waals surface area contributed by atoms with E-state index in [1.807, 2.05) is 26.3 Å². The summed E-state index contributed by atoms with van der Waals surface area (Å²) in [6.45, 7) is 10.2. The summed E-state index contributed by atoms with van der Waals surface area (Å²) < 4.78 is 8.71. The predicted molar refractivity (Wildman–Crippen MR) is 215 cm³/mol. The number of aromatic amines is 1. The number of aliphatic hydroxyl groups is 6. The van der Waals surface area contributed by atoms with Gasteiger partial charge in [0, 0.05) is 31.5 Å². The van der Waals surface area contributed by atoms with Crippen molar-refractivity contribution in [3.8, 4) is 11.5 Å². The molecule has 10 N–H and O–H groups in total. The van der Waals surface area contributed by atoms with Crippen LogP contribution in [0, 0.1) is 33.1 Å². The number of nitrogen functional groups attached to an aromatic ring is 1. The normalized spacial score (nSPS) is 13.5. The number of nitrogens with two attached hydrogens (primary N) is 1. The van der Waals surface area contributed by atoms with Crippen LogP contribution >= 0.6 is 11.3 Å². The van der Waals surface area contributed by atoms with E-state index in [4.69, 9.17) is 15.6 Å². The van der Waals surface area contributed by atoms with Crippen LogP contribution in [0.3, 0.4) is 0 Å². The molecule has 0 spiro atoms. The number of esters is 1. The average Bonchev–Trinajstić information content (AvgIpc) is 3.53. The van der Waals surface area contributed by atoms with Crippen LogP contribution < -0.4 is 56.4 Å². The Morgan fingerprint density at radius 3 is 2.38 bits per heavy atom. The fraction of sp³-hybridized carbons (Fsp3) is 0.500. The zero-order valence-electron chi connectivity index (χ0n) is 35.7. The van der Waals surface area contributed by atoms with Crippen molar-refractivity contribution in [3.63, 3.8) is 0 Å². The molecule has 0 saturated heterocycles. The van der Waals surface area contributed by atoms with Gasteiger partial charge in [0.1, 0.15) is 36.1 Å². The second kappa shape index (κ2) is 22.0. The first-order chi connectivity index (χ1) is 27.8. The second-order valence-corrected chi connectivity index (χ2v) is 15.7. The summed E-state index contributed by atoms with van der Waals surface area (Å²) in [6.07, 6.45) is -3.75. The van der Waals surface area contributed by atoms with E-state index >= 15 is 0 Å². The van der Waals surface area contributed by atoms with Gasteiger partial charge in [0.25, 0.3) is 5.56 Å². The van der Waals surface area contributed by atoms with E-state index in [1.54, 1.807) is 50.4 Å². The molecule has 2 aliphatic heterocycles. The Balaban J connectivity index is 0.000000411. The first kappa shape index (κ1) is 50.1. The van der Waals surface area contributed by atoms with E-state index in [2.05, 4.69) is 34.8 Å². The van der Waals surface area contributed by atoms with Gasteiger partial charge in [-0.15, -0.1) is 0 Å². The van der Waals surface area contributed by atoms with Crippen molar-refractivity contribution in [2.24, 2.45) is 5.41 Å². The van der Waals surface area contributed by atoms with Crippen molar-refractivity contribution in [2.75, 3.05) is 32.1 Å². The summed E-state index contributed by atoms with van der Waals surface area (Å²) in [5, 5.41) is 60.4. The molecule has 0 bridgehead atoms. The molecule has 20 nitrogen and oxygen atoms in total. The number of aromatic nitrogens is 7. The van der Waals surface area contributed by atoms with Gasteiger partial charge in [0.2, 0.25) is 11.4 Å². The predicted octanol–water partition coefficient (Wildman–Crippen LogP) is -4.56. The molecule has 2 aliphatic rings. The van der Waals surface area contributed by atoms with Crippen LogP contribution in [0.4, 0.5) is 5.82 Å². The SMILES string of the molecule is Cc1cc2nc3c(=O)[nH]c(=O)nc-3n(C[C@H](O)[C@H](O)[C@H](O)CO)c2cc1C.Cc1ncc(C[n+]2csc(CCOC(=O)CCNC(=O)[C@H](O)C(C)(C)CO)c2C)c(N)n1.[H-].[Na+]. The van der Waals surface area contributed by atoms with Crippen LogP contribution in [0.25, 0.3) is 22.6 Å². The molecular weight excluding hydrogens is 814 g/mol. The summed E-state index contributed by atoms with van der Waals surface area (Å²) in [6, 6.07) is 3.53. The summed E-state index contributed by atoms with van der Waals surface area (Å²) in [4.78, 5) is 67.3. The number of thiazole rings is 1. The van der Waals surface area contributed by atoms with Crippen LogP contribution in [0.5, 0.6) is 0 Å². The van der Waals surface area contributed by atoms with Gasteiger partial charge >= 0.3 is 41.2 Å². The van der Waals surface area contributed by atoms with Crippen molar-refractivity contribution in [1.29, 1.82) is 0 Å². The smallest absolute Gasteiger partial charge is 1.00 e. The molecule has 22 heteroatoms. The minimum atomic E-state index is -1.64. The maximum atomic E-state index is 12.2. The maximum absolute atomic E-state index is 12.2. The molecule has 0 saturated carbocycles. The molecular formula is C38H53N9NaO11S+. The number of aliphatic hydroxyl groups excluding tert-OH is 6. The molecule has 5 rings (SSSR count). The van der Waals surface area contributed by atoms with Crippen molar-refractivity contribution in [3.05, 3.63) is 77.8 Å². The number of hydrogen-bond donors (Lipinski definition) is 9. The number of nitrogens with one attached hydrogen (secondary N) is 2. The third-order valence-electron chi connectivity index (χ3n) is 9.70. The Morgan fingerprint density at radius 1 is 1.05 bits per heavy atom. The van der Waals surface area contributed by atoms with Crippen molar-refractivity contribution < 1.29 is 80.5 Å². The van der Waals surface area contributed by atoms with Gasteiger partial charge in [-0.05, 0) is 44.0 Å². The molecule has 4 atom stereocenters. The molecule has 322 valence electrons. The standard InChI is InChI=1S/C21H31N5O5S.C17H20N4O6.Na.H/c1-13-16(32-12-26(13)10-15-9-24-14(2)25-19(15)22)6-8-31-17(28)5-7-23-20(30)18(29)21(3,4)11-27;1-7-3-9-10(4-8(7)2)21(5-11(23)14(25)12(24)6-22)15-13(18-9)16(26)20-17(27)19-15;;/h9,12,18,27,29H,5-8,10-11H2,1-4H3,(H2-,22,23,24,25,30);3-4,11-12,14,22-25H,5-6H2,1-2H3,(H,20,26,27);;/q;;+1;-1/p+1/t18-;11-,12+,14-;;/m00../s1. The molecule has 1 aromatic carbocycles. The number of benzene rings is 1. The Labute approximate surface area is 372 Å². The van der Waals surface area contributed by atoms with Crippen LogP contribution in [-0.4, -0.2) is 123 Å². The molecule has 0 radical (unpaired) electrons. The third kappa shape index (κ3) is 12.6. The molecule has 4 heterocycles. The van der Waals surface area contributed by atoms with Gasteiger partial charge in [-0.2, -0.15) is 9.55 Å². The van der Waals surface area contributed by atoms with Crippen LogP contribution in [0.1, 0.15) is 54.8 Å². The van der Waals surface area contributed by atoms with E-state index in [0.29, 0.717) is 35.6 Å². The molecule has 0 fully saturated rings. The molecule has 0 aliphatic carbocycles. The zero-order valence-corrected chi connectivity index (χ0v) is 37.5. The Hall–Kier alpha value is -4.29. The quantitative estimate of drug-likeness (QED) is 0.0195. The summed E-state index contributed by atoms with van der Waals surface area (Å²) in [5.74, 6) is -0.0245. The van der Waals surface area contributed by atoms with E-state index in [9.17, 15) is 44.7 Å². The third-order valence-corrected chi connectivity index (χ3v) is 10.8. The number of ether oxygens (including phenoxy) is 1. The van der Waals surface area contributed by atoms with Gasteiger partial charge in [0.05, 0.1) is 54.3 Å². The number of aryl methyl sites for hydroxylation is 3. The fourth-order valence-corrected chi connectivity index (χ4v) is 6.69. The number of rotatable bonds is 16. The number of H-pyrrole nitrogens is 1. The van der Waals surface area contributed by atoms with Gasteiger partial charge < -0.3 is 52.4 Å². The molecule has 0 unspecified atom stereocenters. The number of hydrogen-bond acceptors (Lipinski definition) is 17. The number of amides is 1. The molecule has 3 aromatic rings. The second-order valence-electron chi connectivity index (χ2n) is 14.7. The first-order valence-electron chi connectivity index (χ1n) is 18.6. The minimum absolute atomic E-state index is 0. The topological polar surface area (TPSA) is 313 Å². The van der Waals surface area contributed by atoms with Crippen LogP contribution in [-0.2, 0) is 33.8 Å². The zero-order chi connectivity index (χ0) is 43.8. The summed E-state index contributed by atoms with van der Waals surface area (Å²) in [5.41, 5.74) is 10.0. The first-order valence-corrected chi connectivity index (χ1v) is 19.5. The number of nitrogens with zero attached hydrogens (tertiary/aromatic N) is 6. The molecule has 2 aromatic heterocycles. The Bertz CT molecular complexity index is 2360. The number of carbonyl (C=O) groups excluding carboxylic acids is 2. The Kier molecular flexibility index (Phi) is 18.4. The van der Waals surface area contributed by atoms with Gasteiger partial charge in [0.15, 0.2) is 23.8 Å². The summed E-state index contributed by atoms with van der Waals surface area (Å²) in [7, 11) is 0. The fourth-order valence-electron chi connectivity index (χ4n) is 5.71. The summed E-state index contributed by atoms with van der Waals surface area (Å²) >= 11 is 1.57. The van der Waals surface area contributed by atoms with E-state index in [0.717, 1.165) is 27.3 Å². The Morgan fingerprint density at radius 2 is 1.73 bits per heavy atom. The molecule has 60 heavy (non-hydrogen) atoms. The van der Waals surface area contributed by atoms with Crippen molar-refractivity contribution in [1.82, 2.24) is 34.8 Å². The monoisotopic (exact) mass is 866 g/mol. The number of fused-ring (bicyclic) bond motifs is 2. The number of carbonyl (C=O) groups is 2. The maximum Gasteiger partial charge on any atom is 1.00 e. The van der Waals surface area contributed by atoms with Crippen molar-refractivity contribution in [2.45, 2.75) is 91.9 Å². The van der Waals surface area contributed by atoms with Gasteiger partial charge in [-0.25, -0.2) is 19.7 Å². The molecule has 1 amide bonds. The van der Waals surface area contributed by atoms with Crippen molar-refractivity contribution >= 4 is 40.1 Å². The number of anilines is 1. The minimum Gasteiger partial charge on any atom is -1.00 e. The van der Waals surface area contributed by atoms with Gasteiger partial charge in [-0.3, -0.25) is 19.4 Å². The van der Waals surface area contributed by atoms with E-state index in [-0.39, 0.29) is 75.2 Å². The van der Waals surface area contributed by atoms with Crippen LogP contribution in [0.2, 0.25) is 0 Å².